The van der Waals surface area contributed by atoms with Gasteiger partial charge in [-0.05, 0) is 19.5 Å². The van der Waals surface area contributed by atoms with E-state index in [9.17, 15) is 0 Å². The van der Waals surface area contributed by atoms with Crippen LogP contribution >= 0.6 is 0 Å². The van der Waals surface area contributed by atoms with Crippen LogP contribution in [0.15, 0.2) is 41.1 Å². The Balaban J connectivity index is 2.02. The summed E-state index contributed by atoms with van der Waals surface area (Å²) in [5.74, 6) is 2.01. The van der Waals surface area contributed by atoms with Gasteiger partial charge < -0.3 is 14.3 Å². The van der Waals surface area contributed by atoms with Crippen molar-refractivity contribution in [2.45, 2.75) is 26.9 Å². The van der Waals surface area contributed by atoms with Crippen molar-refractivity contribution in [1.82, 2.24) is 14.9 Å². The molecule has 0 bridgehead atoms. The predicted octanol–water partition coefficient (Wildman–Crippen LogP) is 3.10. The second-order valence-corrected chi connectivity index (χ2v) is 4.88. The molecule has 104 valence electrons. The van der Waals surface area contributed by atoms with Crippen LogP contribution < -0.4 is 5.32 Å². The average Bonchev–Trinajstić information content (AvgIpc) is 3.01. The number of imidazole rings is 1. The molecule has 0 aliphatic carbocycles. The summed E-state index contributed by atoms with van der Waals surface area (Å²) in [6.07, 6.45) is 3.81. The Morgan fingerprint density at radius 1 is 1.30 bits per heavy atom. The molecule has 0 unspecified atom stereocenters. The first kappa shape index (κ1) is 12.9. The van der Waals surface area contributed by atoms with Crippen LogP contribution in [-0.2, 0) is 13.1 Å². The number of hydrogen-bond donors (Lipinski definition) is 1. The first-order valence-corrected chi connectivity index (χ1v) is 6.97. The van der Waals surface area contributed by atoms with Crippen molar-refractivity contribution in [3.8, 4) is 0 Å². The van der Waals surface area contributed by atoms with Crippen LogP contribution in [0.5, 0.6) is 0 Å². The number of para-hydroxylation sites is 1. The third-order valence-corrected chi connectivity index (χ3v) is 3.57. The van der Waals surface area contributed by atoms with Crippen LogP contribution in [0, 0.1) is 6.92 Å². The number of rotatable bonds is 5. The molecule has 0 aliphatic rings. The van der Waals surface area contributed by atoms with E-state index in [1.807, 2.05) is 31.5 Å². The van der Waals surface area contributed by atoms with Crippen molar-refractivity contribution < 1.29 is 4.42 Å². The molecule has 0 fully saturated rings. The fourth-order valence-electron chi connectivity index (χ4n) is 2.45. The molecule has 3 aromatic rings. The Kier molecular flexibility index (Phi) is 3.56. The largest absolute Gasteiger partial charge is 0.459 e. The maximum atomic E-state index is 6.04. The normalized spacial score (nSPS) is 11.3. The summed E-state index contributed by atoms with van der Waals surface area (Å²) in [6, 6.07) is 8.21. The number of nitrogens with one attached hydrogen (secondary N) is 1. The molecule has 0 spiro atoms. The van der Waals surface area contributed by atoms with Crippen molar-refractivity contribution in [3.05, 3.63) is 53.8 Å². The molecule has 0 aliphatic heterocycles. The van der Waals surface area contributed by atoms with Crippen molar-refractivity contribution in [3.63, 3.8) is 0 Å². The van der Waals surface area contributed by atoms with E-state index in [1.165, 1.54) is 10.9 Å². The number of aromatic nitrogens is 2. The van der Waals surface area contributed by atoms with E-state index in [1.54, 1.807) is 0 Å². The van der Waals surface area contributed by atoms with E-state index in [0.29, 0.717) is 0 Å². The summed E-state index contributed by atoms with van der Waals surface area (Å²) in [5, 5.41) is 4.59. The monoisotopic (exact) mass is 269 g/mol. The number of nitrogens with zero attached hydrogens (tertiary/aromatic N) is 2. The zero-order valence-electron chi connectivity index (χ0n) is 11.9. The third kappa shape index (κ3) is 2.34. The van der Waals surface area contributed by atoms with Gasteiger partial charge in [-0.25, -0.2) is 4.98 Å². The molecule has 4 nitrogen and oxygen atoms in total. The summed E-state index contributed by atoms with van der Waals surface area (Å²) < 4.78 is 8.14. The van der Waals surface area contributed by atoms with Crippen LogP contribution in [0.2, 0.25) is 0 Å². The van der Waals surface area contributed by atoms with Gasteiger partial charge in [0, 0.05) is 29.9 Å². The molecule has 1 aromatic carbocycles. The summed E-state index contributed by atoms with van der Waals surface area (Å²) in [7, 11) is 0. The van der Waals surface area contributed by atoms with Gasteiger partial charge in [-0.1, -0.05) is 25.1 Å². The molecule has 4 heteroatoms. The zero-order valence-corrected chi connectivity index (χ0v) is 11.9. The highest BCUT2D eigenvalue weighted by Crippen LogP contribution is 2.26. The van der Waals surface area contributed by atoms with Crippen molar-refractivity contribution in [1.29, 1.82) is 0 Å². The van der Waals surface area contributed by atoms with Crippen LogP contribution in [-0.4, -0.2) is 16.1 Å². The SMILES string of the molecule is CCNCc1c(Cn2ccnc2C)oc2ccccc12. The van der Waals surface area contributed by atoms with E-state index in [0.717, 1.165) is 36.8 Å². The minimum absolute atomic E-state index is 0.723. The Bertz CT molecular complexity index is 711. The molecule has 2 aromatic heterocycles. The highest BCUT2D eigenvalue weighted by Gasteiger charge is 2.14. The third-order valence-electron chi connectivity index (χ3n) is 3.57. The molecule has 0 atom stereocenters. The minimum Gasteiger partial charge on any atom is -0.459 e. The molecular weight excluding hydrogens is 250 g/mol. The Morgan fingerprint density at radius 2 is 2.15 bits per heavy atom. The van der Waals surface area contributed by atoms with Crippen LogP contribution in [0.4, 0.5) is 0 Å². The second kappa shape index (κ2) is 5.51. The number of aryl methyl sites for hydroxylation is 1. The first-order chi connectivity index (χ1) is 9.79. The van der Waals surface area contributed by atoms with Crippen molar-refractivity contribution in [2.75, 3.05) is 6.54 Å². The van der Waals surface area contributed by atoms with E-state index < -0.39 is 0 Å². The molecule has 0 amide bonds. The highest BCUT2D eigenvalue weighted by molar-refractivity contribution is 5.82. The fraction of sp³-hybridized carbons (Fsp3) is 0.312. The summed E-state index contributed by atoms with van der Waals surface area (Å²) in [4.78, 5) is 4.26. The lowest BCUT2D eigenvalue weighted by molar-refractivity contribution is 0.514. The average molecular weight is 269 g/mol. The van der Waals surface area contributed by atoms with Crippen molar-refractivity contribution >= 4 is 11.0 Å². The molecule has 2 heterocycles. The van der Waals surface area contributed by atoms with Gasteiger partial charge in [-0.15, -0.1) is 0 Å². The standard InChI is InChI=1S/C16H19N3O/c1-3-17-10-14-13-6-4-5-7-15(13)20-16(14)11-19-9-8-18-12(19)2/h4-9,17H,3,10-11H2,1-2H3. The zero-order chi connectivity index (χ0) is 13.9. The molecule has 3 rings (SSSR count). The first-order valence-electron chi connectivity index (χ1n) is 6.97. The van der Waals surface area contributed by atoms with Crippen LogP contribution in [0.1, 0.15) is 24.1 Å². The number of hydrogen-bond acceptors (Lipinski definition) is 3. The van der Waals surface area contributed by atoms with Gasteiger partial charge in [0.2, 0.25) is 0 Å². The fourth-order valence-corrected chi connectivity index (χ4v) is 2.45. The number of fused-ring (bicyclic) bond motifs is 1. The molecule has 1 N–H and O–H groups in total. The molecule has 0 saturated heterocycles. The van der Waals surface area contributed by atoms with Gasteiger partial charge in [0.05, 0.1) is 6.54 Å². The van der Waals surface area contributed by atoms with Crippen molar-refractivity contribution in [2.24, 2.45) is 0 Å². The molecular formula is C16H19N3O. The Morgan fingerprint density at radius 3 is 2.90 bits per heavy atom. The Labute approximate surface area is 118 Å². The smallest absolute Gasteiger partial charge is 0.134 e. The lowest BCUT2D eigenvalue weighted by Gasteiger charge is -2.06. The number of benzene rings is 1. The van der Waals surface area contributed by atoms with Gasteiger partial charge in [0.1, 0.15) is 17.2 Å². The molecule has 0 saturated carbocycles. The van der Waals surface area contributed by atoms with E-state index in [-0.39, 0.29) is 0 Å². The highest BCUT2D eigenvalue weighted by atomic mass is 16.3. The number of furan rings is 1. The minimum atomic E-state index is 0.723. The summed E-state index contributed by atoms with van der Waals surface area (Å²) >= 11 is 0. The maximum absolute atomic E-state index is 6.04. The maximum Gasteiger partial charge on any atom is 0.134 e. The van der Waals surface area contributed by atoms with Gasteiger partial charge in [-0.3, -0.25) is 0 Å². The second-order valence-electron chi connectivity index (χ2n) is 4.88. The van der Waals surface area contributed by atoms with E-state index >= 15 is 0 Å². The predicted molar refractivity (Wildman–Crippen MR) is 79.7 cm³/mol. The lowest BCUT2D eigenvalue weighted by Crippen LogP contribution is -2.13. The van der Waals surface area contributed by atoms with Crippen LogP contribution in [0.3, 0.4) is 0 Å². The molecule has 0 radical (unpaired) electrons. The van der Waals surface area contributed by atoms with Gasteiger partial charge in [-0.2, -0.15) is 0 Å². The lowest BCUT2D eigenvalue weighted by atomic mass is 10.1. The van der Waals surface area contributed by atoms with Gasteiger partial charge in [0.25, 0.3) is 0 Å². The Hall–Kier alpha value is -2.07. The summed E-state index contributed by atoms with van der Waals surface area (Å²) in [6.45, 7) is 6.62. The van der Waals surface area contributed by atoms with Gasteiger partial charge >= 0.3 is 0 Å². The summed E-state index contributed by atoms with van der Waals surface area (Å²) in [5.41, 5.74) is 2.20. The van der Waals surface area contributed by atoms with Gasteiger partial charge in [0.15, 0.2) is 0 Å². The molecule has 20 heavy (non-hydrogen) atoms. The van der Waals surface area contributed by atoms with E-state index in [2.05, 4.69) is 33.9 Å². The van der Waals surface area contributed by atoms with Crippen LogP contribution in [0.25, 0.3) is 11.0 Å². The topological polar surface area (TPSA) is 43.0 Å². The van der Waals surface area contributed by atoms with E-state index in [4.69, 9.17) is 4.42 Å². The quantitative estimate of drug-likeness (QED) is 0.774.